The summed E-state index contributed by atoms with van der Waals surface area (Å²) in [5, 5.41) is 11.8. The molecule has 0 atom stereocenters. The Morgan fingerprint density at radius 1 is 1.17 bits per heavy atom. The van der Waals surface area contributed by atoms with Gasteiger partial charge in [-0.05, 0) is 49.2 Å². The summed E-state index contributed by atoms with van der Waals surface area (Å²) in [7, 11) is -3.65. The fourth-order valence-corrected chi connectivity index (χ4v) is 4.40. The fraction of sp³-hybridized carbons (Fsp3) is 0.333. The predicted octanol–water partition coefficient (Wildman–Crippen LogP) is 3.22. The minimum absolute atomic E-state index is 0.135. The molecular formula is C21H25N3O4S. The normalized spacial score (nSPS) is 11.2. The minimum Gasteiger partial charge on any atom is -0.482 e. The third-order valence-corrected chi connectivity index (χ3v) is 6.65. The lowest BCUT2D eigenvalue weighted by Crippen LogP contribution is -2.31. The first kappa shape index (κ1) is 22.4. The predicted molar refractivity (Wildman–Crippen MR) is 111 cm³/mol. The van der Waals surface area contributed by atoms with E-state index < -0.39 is 15.9 Å². The van der Waals surface area contributed by atoms with Gasteiger partial charge in [-0.2, -0.15) is 9.57 Å². The molecule has 0 fully saturated rings. The summed E-state index contributed by atoms with van der Waals surface area (Å²) < 4.78 is 32.5. The van der Waals surface area contributed by atoms with Crippen LogP contribution in [0.25, 0.3) is 0 Å². The molecule has 0 bridgehead atoms. The van der Waals surface area contributed by atoms with Crippen molar-refractivity contribution in [2.45, 2.75) is 32.6 Å². The number of amides is 1. The molecule has 1 amide bonds. The van der Waals surface area contributed by atoms with Crippen molar-refractivity contribution in [2.75, 3.05) is 25.0 Å². The molecule has 8 heteroatoms. The van der Waals surface area contributed by atoms with E-state index in [1.807, 2.05) is 13.0 Å². The number of sulfonamides is 1. The van der Waals surface area contributed by atoms with Crippen LogP contribution in [-0.2, 0) is 14.8 Å². The summed E-state index contributed by atoms with van der Waals surface area (Å²) in [6.45, 7) is 7.59. The van der Waals surface area contributed by atoms with Crippen LogP contribution in [0.15, 0.2) is 41.3 Å². The van der Waals surface area contributed by atoms with Gasteiger partial charge in [0.25, 0.3) is 5.91 Å². The molecule has 0 aliphatic rings. The number of nitrogens with one attached hydrogen (secondary N) is 1. The minimum atomic E-state index is -3.65. The number of rotatable bonds is 8. The number of benzene rings is 2. The Labute approximate surface area is 172 Å². The molecule has 0 unspecified atom stereocenters. The van der Waals surface area contributed by atoms with Crippen molar-refractivity contribution in [1.82, 2.24) is 4.31 Å². The number of nitrogens with zero attached hydrogens (tertiary/aromatic N) is 2. The average Bonchev–Trinajstić information content (AvgIpc) is 2.70. The van der Waals surface area contributed by atoms with Crippen LogP contribution in [0, 0.1) is 25.2 Å². The highest BCUT2D eigenvalue weighted by Gasteiger charge is 2.23. The van der Waals surface area contributed by atoms with Crippen LogP contribution in [0.2, 0.25) is 0 Å². The van der Waals surface area contributed by atoms with Crippen LogP contribution >= 0.6 is 0 Å². The maximum absolute atomic E-state index is 12.8. The smallest absolute Gasteiger partial charge is 0.262 e. The molecule has 29 heavy (non-hydrogen) atoms. The van der Waals surface area contributed by atoms with Crippen LogP contribution < -0.4 is 10.1 Å². The average molecular weight is 416 g/mol. The van der Waals surface area contributed by atoms with E-state index in [4.69, 9.17) is 10.00 Å². The molecule has 7 nitrogen and oxygen atoms in total. The number of carbonyl (C=O) groups is 1. The Morgan fingerprint density at radius 2 is 1.83 bits per heavy atom. The van der Waals surface area contributed by atoms with Crippen LogP contribution in [0.3, 0.4) is 0 Å². The summed E-state index contributed by atoms with van der Waals surface area (Å²) in [5.74, 6) is -0.131. The van der Waals surface area contributed by atoms with Gasteiger partial charge in [0, 0.05) is 18.8 Å². The van der Waals surface area contributed by atoms with Gasteiger partial charge in [-0.1, -0.05) is 26.0 Å². The highest BCUT2D eigenvalue weighted by Crippen LogP contribution is 2.26. The molecule has 0 radical (unpaired) electrons. The van der Waals surface area contributed by atoms with Crippen molar-refractivity contribution >= 4 is 21.6 Å². The van der Waals surface area contributed by atoms with Crippen LogP contribution in [0.4, 0.5) is 5.69 Å². The molecule has 0 heterocycles. The van der Waals surface area contributed by atoms with Crippen molar-refractivity contribution in [3.63, 3.8) is 0 Å². The van der Waals surface area contributed by atoms with Crippen LogP contribution in [0.1, 0.15) is 30.5 Å². The quantitative estimate of drug-likeness (QED) is 0.714. The van der Waals surface area contributed by atoms with Crippen molar-refractivity contribution in [1.29, 1.82) is 5.26 Å². The monoisotopic (exact) mass is 415 g/mol. The van der Waals surface area contributed by atoms with E-state index in [0.29, 0.717) is 30.1 Å². The SMILES string of the molecule is CCN(CC)S(=O)(=O)c1cc(C)c(C)c(NC(=O)COc2ccccc2C#N)c1. The van der Waals surface area contributed by atoms with Gasteiger partial charge in [-0.3, -0.25) is 4.79 Å². The zero-order chi connectivity index (χ0) is 21.6. The van der Waals surface area contributed by atoms with Gasteiger partial charge in [0.15, 0.2) is 6.61 Å². The number of carbonyl (C=O) groups excluding carboxylic acids is 1. The lowest BCUT2D eigenvalue weighted by Gasteiger charge is -2.20. The lowest BCUT2D eigenvalue weighted by atomic mass is 10.1. The second kappa shape index (κ2) is 9.54. The molecule has 0 aliphatic carbocycles. The number of hydrogen-bond acceptors (Lipinski definition) is 5. The summed E-state index contributed by atoms with van der Waals surface area (Å²) in [6.07, 6.45) is 0. The molecule has 154 valence electrons. The van der Waals surface area contributed by atoms with Gasteiger partial charge >= 0.3 is 0 Å². The van der Waals surface area contributed by atoms with Crippen molar-refractivity contribution < 1.29 is 17.9 Å². The number of ether oxygens (including phenoxy) is 1. The zero-order valence-electron chi connectivity index (χ0n) is 17.0. The van der Waals surface area contributed by atoms with E-state index in [2.05, 4.69) is 5.32 Å². The Balaban J connectivity index is 2.23. The first-order valence-corrected chi connectivity index (χ1v) is 10.7. The van der Waals surface area contributed by atoms with E-state index >= 15 is 0 Å². The first-order chi connectivity index (χ1) is 13.7. The van der Waals surface area contributed by atoms with E-state index in [9.17, 15) is 13.2 Å². The van der Waals surface area contributed by atoms with Gasteiger partial charge in [0.05, 0.1) is 10.5 Å². The van der Waals surface area contributed by atoms with Crippen molar-refractivity contribution in [2.24, 2.45) is 0 Å². The molecule has 2 rings (SSSR count). The van der Waals surface area contributed by atoms with E-state index in [1.165, 1.54) is 10.4 Å². The number of anilines is 1. The van der Waals surface area contributed by atoms with Gasteiger partial charge < -0.3 is 10.1 Å². The van der Waals surface area contributed by atoms with E-state index in [-0.39, 0.29) is 11.5 Å². The highest BCUT2D eigenvalue weighted by atomic mass is 32.2. The first-order valence-electron chi connectivity index (χ1n) is 9.27. The number of hydrogen-bond donors (Lipinski definition) is 1. The molecule has 0 spiro atoms. The molecule has 0 saturated carbocycles. The standard InChI is InChI=1S/C21H25N3O4S/c1-5-24(6-2)29(26,27)18-11-15(3)16(4)19(12-18)23-21(25)14-28-20-10-8-7-9-17(20)13-22/h7-12H,5-6,14H2,1-4H3,(H,23,25). The molecule has 0 saturated heterocycles. The van der Waals surface area contributed by atoms with E-state index in [1.54, 1.807) is 51.1 Å². The Morgan fingerprint density at radius 3 is 2.45 bits per heavy atom. The maximum Gasteiger partial charge on any atom is 0.262 e. The summed E-state index contributed by atoms with van der Waals surface area (Å²) in [6, 6.07) is 11.7. The highest BCUT2D eigenvalue weighted by molar-refractivity contribution is 7.89. The Kier molecular flexibility index (Phi) is 7.37. The molecule has 2 aromatic carbocycles. The fourth-order valence-electron chi connectivity index (χ4n) is 2.83. The van der Waals surface area contributed by atoms with Crippen LogP contribution in [-0.4, -0.2) is 38.3 Å². The van der Waals surface area contributed by atoms with Crippen molar-refractivity contribution in [3.8, 4) is 11.8 Å². The van der Waals surface area contributed by atoms with Gasteiger partial charge in [0.2, 0.25) is 10.0 Å². The Bertz CT molecular complexity index is 1040. The van der Waals surface area contributed by atoms with E-state index in [0.717, 1.165) is 11.1 Å². The topological polar surface area (TPSA) is 99.5 Å². The molecule has 0 aliphatic heterocycles. The second-order valence-electron chi connectivity index (χ2n) is 6.45. The maximum atomic E-state index is 12.8. The van der Waals surface area contributed by atoms with Crippen molar-refractivity contribution in [3.05, 3.63) is 53.1 Å². The second-order valence-corrected chi connectivity index (χ2v) is 8.38. The molecule has 2 aromatic rings. The summed E-state index contributed by atoms with van der Waals surface area (Å²) in [5.41, 5.74) is 2.27. The van der Waals surface area contributed by atoms with Gasteiger partial charge in [-0.25, -0.2) is 8.42 Å². The van der Waals surface area contributed by atoms with Gasteiger partial charge in [-0.15, -0.1) is 0 Å². The van der Waals surface area contributed by atoms with Crippen LogP contribution in [0.5, 0.6) is 5.75 Å². The lowest BCUT2D eigenvalue weighted by molar-refractivity contribution is -0.118. The molecule has 1 N–H and O–H groups in total. The molecule has 0 aromatic heterocycles. The zero-order valence-corrected chi connectivity index (χ0v) is 17.8. The Hall–Kier alpha value is -2.89. The number of nitriles is 1. The number of para-hydroxylation sites is 1. The summed E-state index contributed by atoms with van der Waals surface area (Å²) in [4.78, 5) is 12.5. The van der Waals surface area contributed by atoms with Gasteiger partial charge in [0.1, 0.15) is 11.8 Å². The largest absolute Gasteiger partial charge is 0.482 e. The third kappa shape index (κ3) is 5.13. The summed E-state index contributed by atoms with van der Waals surface area (Å²) >= 11 is 0. The third-order valence-electron chi connectivity index (χ3n) is 4.62. The number of aryl methyl sites for hydroxylation is 1. The molecular weight excluding hydrogens is 390 g/mol.